The zero-order valence-corrected chi connectivity index (χ0v) is 51.5. The van der Waals surface area contributed by atoms with E-state index in [-0.39, 0.29) is 0 Å². The molecule has 8 N–H and O–H groups in total. The molecule has 78 heavy (non-hydrogen) atoms. The van der Waals surface area contributed by atoms with Gasteiger partial charge in [0.05, 0.1) is 0 Å². The number of fused-ring (bicyclic) bond motifs is 19. The van der Waals surface area contributed by atoms with E-state index in [1.54, 1.807) is 51.4 Å². The van der Waals surface area contributed by atoms with E-state index in [1.165, 1.54) is 245 Å². The molecule has 20 bridgehead atoms. The molecule has 12 heterocycles. The molecule has 0 aromatic rings. The van der Waals surface area contributed by atoms with Crippen LogP contribution in [-0.2, 0) is 0 Å². The van der Waals surface area contributed by atoms with Gasteiger partial charge in [0.1, 0.15) is 0 Å². The fraction of sp³-hybridized carbons (Fsp3) is 1.00. The highest BCUT2D eigenvalue weighted by Crippen LogP contribution is 2.49. The quantitative estimate of drug-likeness (QED) is 0.122. The molecule has 0 amide bonds. The van der Waals surface area contributed by atoms with Crippen molar-refractivity contribution in [3.05, 3.63) is 0 Å². The van der Waals surface area contributed by atoms with Gasteiger partial charge in [-0.2, -0.15) is 0 Å². The molecule has 0 aromatic carbocycles. The maximum atomic E-state index is 3.70. The van der Waals surface area contributed by atoms with Gasteiger partial charge in [-0.05, 0) is 308 Å². The van der Waals surface area contributed by atoms with Crippen molar-refractivity contribution in [3.63, 3.8) is 0 Å². The van der Waals surface area contributed by atoms with Crippen LogP contribution in [0.5, 0.6) is 0 Å². The Morgan fingerprint density at radius 1 is 0.256 bits per heavy atom. The third-order valence-electron chi connectivity index (χ3n) is 25.0. The lowest BCUT2D eigenvalue weighted by molar-refractivity contribution is 0.135. The van der Waals surface area contributed by atoms with E-state index in [1.807, 2.05) is 0 Å². The SMILES string of the molecule is C1CC2CC1CN2.C1CC2CCC(C1)C2.C1CC2CCC(C1)CNC2.C1CC2CCC(C1)N2.C1CC2CCC1CN2.C1CC2CCC1N2.C1CC2CNC(C1)C2.C1NC2CC3CC1CC(C3)C2.CC1(C)CC2CC(C)(CN2)C1. The number of nitrogens with one attached hydrogen (secondary N) is 8. The highest BCUT2D eigenvalue weighted by Gasteiger charge is 2.45. The van der Waals surface area contributed by atoms with E-state index < -0.39 is 0 Å². The summed E-state index contributed by atoms with van der Waals surface area (Å²) in [7, 11) is 0. The summed E-state index contributed by atoms with van der Waals surface area (Å²) in [6.45, 7) is 16.4. The Morgan fingerprint density at radius 2 is 0.628 bits per heavy atom. The lowest BCUT2D eigenvalue weighted by Crippen LogP contribution is -2.44. The van der Waals surface area contributed by atoms with E-state index in [9.17, 15) is 0 Å². The van der Waals surface area contributed by atoms with Gasteiger partial charge in [-0.3, -0.25) is 0 Å². The summed E-state index contributed by atoms with van der Waals surface area (Å²) in [5.41, 5.74) is 1.20. The largest absolute Gasteiger partial charge is 0.316 e. The summed E-state index contributed by atoms with van der Waals surface area (Å²) >= 11 is 0. The normalized spacial score (nSPS) is 46.7. The van der Waals surface area contributed by atoms with Crippen molar-refractivity contribution in [1.29, 1.82) is 0 Å². The predicted molar refractivity (Wildman–Crippen MR) is 330 cm³/mol. The minimum atomic E-state index is 0.584. The van der Waals surface area contributed by atoms with E-state index in [0.717, 1.165) is 114 Å². The zero-order chi connectivity index (χ0) is 53.2. The van der Waals surface area contributed by atoms with Crippen LogP contribution in [-0.4, -0.2) is 100 Å². The Bertz CT molecular complexity index is 1470. The van der Waals surface area contributed by atoms with Crippen LogP contribution in [0.2, 0.25) is 0 Å². The first-order valence-electron chi connectivity index (χ1n) is 35.9. The monoisotopic (exact) mass is 1080 g/mol. The molecule has 14 atom stereocenters. The second kappa shape index (κ2) is 29.2. The topological polar surface area (TPSA) is 96.2 Å². The van der Waals surface area contributed by atoms with Crippen molar-refractivity contribution in [2.24, 2.45) is 70.0 Å². The van der Waals surface area contributed by atoms with Crippen LogP contribution >= 0.6 is 0 Å². The summed E-state index contributed by atoms with van der Waals surface area (Å²) in [5.74, 6) is 10.8. The second-order valence-electron chi connectivity index (χ2n) is 32.7. The molecule has 12 aliphatic heterocycles. The summed E-state index contributed by atoms with van der Waals surface area (Å²) < 4.78 is 0. The molecule has 12 saturated heterocycles. The first-order chi connectivity index (χ1) is 38.0. The van der Waals surface area contributed by atoms with E-state index in [2.05, 4.69) is 63.3 Å². The molecule has 0 aromatic heterocycles. The van der Waals surface area contributed by atoms with Gasteiger partial charge in [-0.1, -0.05) is 72.1 Å². The Hall–Kier alpha value is -0.320. The fourth-order valence-electron chi connectivity index (χ4n) is 21.1. The summed E-state index contributed by atoms with van der Waals surface area (Å²) in [5, 5.41) is 28.5. The molecule has 21 fully saturated rings. The average Bonchev–Trinajstić information content (AvgIpc) is 4.40. The summed E-state index contributed by atoms with van der Waals surface area (Å²) in [6, 6.07) is 8.13. The van der Waals surface area contributed by atoms with E-state index >= 15 is 0 Å². The molecular formula is C70H128N8. The lowest BCUT2D eigenvalue weighted by Gasteiger charge is -2.39. The van der Waals surface area contributed by atoms with E-state index in [4.69, 9.17) is 0 Å². The highest BCUT2D eigenvalue weighted by atomic mass is 15.0. The van der Waals surface area contributed by atoms with E-state index in [0.29, 0.717) is 10.8 Å². The molecule has 9 saturated carbocycles. The first-order valence-corrected chi connectivity index (χ1v) is 35.9. The van der Waals surface area contributed by atoms with Gasteiger partial charge in [0.15, 0.2) is 0 Å². The third kappa shape index (κ3) is 18.3. The van der Waals surface area contributed by atoms with Gasteiger partial charge in [0.25, 0.3) is 0 Å². The Morgan fingerprint density at radius 3 is 1.09 bits per heavy atom. The smallest absolute Gasteiger partial charge is 0.00780 e. The maximum Gasteiger partial charge on any atom is 0.00780 e. The highest BCUT2D eigenvalue weighted by molar-refractivity contribution is 5.01. The van der Waals surface area contributed by atoms with Crippen molar-refractivity contribution in [2.75, 3.05) is 45.8 Å². The molecule has 8 heteroatoms. The molecule has 0 radical (unpaired) electrons. The summed E-state index contributed by atoms with van der Waals surface area (Å²) in [6.07, 6.45) is 57.9. The fourth-order valence-corrected chi connectivity index (χ4v) is 21.1. The van der Waals surface area contributed by atoms with Crippen LogP contribution in [0.25, 0.3) is 0 Å². The van der Waals surface area contributed by atoms with Crippen LogP contribution in [0, 0.1) is 70.0 Å². The maximum absolute atomic E-state index is 3.70. The minimum absolute atomic E-state index is 0.584. The van der Waals surface area contributed by atoms with Crippen molar-refractivity contribution in [3.8, 4) is 0 Å². The van der Waals surface area contributed by atoms with Gasteiger partial charge in [-0.25, -0.2) is 0 Å². The van der Waals surface area contributed by atoms with Crippen LogP contribution in [0.4, 0.5) is 0 Å². The van der Waals surface area contributed by atoms with Gasteiger partial charge in [-0.15, -0.1) is 0 Å². The molecule has 448 valence electrons. The van der Waals surface area contributed by atoms with Crippen molar-refractivity contribution < 1.29 is 0 Å². The molecule has 21 rings (SSSR count). The van der Waals surface area contributed by atoms with Crippen molar-refractivity contribution >= 4 is 0 Å². The number of hydrogen-bond donors (Lipinski definition) is 8. The van der Waals surface area contributed by atoms with Gasteiger partial charge in [0, 0.05) is 60.9 Å². The van der Waals surface area contributed by atoms with Crippen LogP contribution in [0.3, 0.4) is 0 Å². The number of piperidine rings is 4. The zero-order valence-electron chi connectivity index (χ0n) is 51.5. The second-order valence-corrected chi connectivity index (χ2v) is 32.7. The number of rotatable bonds is 0. The van der Waals surface area contributed by atoms with Crippen molar-refractivity contribution in [1.82, 2.24) is 42.5 Å². The third-order valence-corrected chi connectivity index (χ3v) is 25.0. The average molecular weight is 1080 g/mol. The molecular weight excluding hydrogens is 953 g/mol. The van der Waals surface area contributed by atoms with Crippen LogP contribution < -0.4 is 42.5 Å². The van der Waals surface area contributed by atoms with Crippen LogP contribution in [0.1, 0.15) is 271 Å². The molecule has 8 nitrogen and oxygen atoms in total. The Kier molecular flexibility index (Phi) is 22.2. The molecule has 9 aliphatic carbocycles. The summed E-state index contributed by atoms with van der Waals surface area (Å²) in [4.78, 5) is 0. The Balaban J connectivity index is 0.0000000935. The molecule has 14 unspecified atom stereocenters. The lowest BCUT2D eigenvalue weighted by atomic mass is 9.65. The van der Waals surface area contributed by atoms with Crippen LogP contribution in [0.15, 0.2) is 0 Å². The standard InChI is InChI=1S/C10H17N.C10H19N.C9H17N.C8H14.3C7H13N.2C6H11N/c1-7-2-9-3-8(1)5-10(4-7)11-6-9;1-9(2)4-8-5-10(3,6-9)7-11-8;1-2-8-4-5-9(3-1)7-10-6-8;1-2-7-4-5-8(3-1)6-7;1-3-7-4-2-6(1)5-8-7;1-2-6-4-7(3-1)8-5-6;1-2-6-4-5-7(3-1)8-6;1-2-6-3-5(1)4-7-6;1-2-6-4-3-5(1)7-6/h7-11H,1-6H2;8,11H,4-7H2,1-3H3;8-10H,1-7H2;7-8H,1-6H2;3*6-8H,1-5H2;2*5-7H,1-4H2. The minimum Gasteiger partial charge on any atom is -0.316 e. The van der Waals surface area contributed by atoms with Crippen molar-refractivity contribution in [2.45, 2.75) is 326 Å². The first kappa shape index (κ1) is 59.4. The van der Waals surface area contributed by atoms with Gasteiger partial charge in [0.2, 0.25) is 0 Å². The number of hydrogen-bond acceptors (Lipinski definition) is 8. The predicted octanol–water partition coefficient (Wildman–Crippen LogP) is 13.6. The van der Waals surface area contributed by atoms with Gasteiger partial charge >= 0.3 is 0 Å². The molecule has 0 spiro atoms. The Labute approximate surface area is 481 Å². The van der Waals surface area contributed by atoms with Gasteiger partial charge < -0.3 is 42.5 Å². The molecule has 21 aliphatic rings.